The predicted molar refractivity (Wildman–Crippen MR) is 81.9 cm³/mol. The third kappa shape index (κ3) is 4.23. The Labute approximate surface area is 141 Å². The molecule has 9 heteroatoms. The molecule has 0 saturated carbocycles. The Morgan fingerprint density at radius 1 is 1.24 bits per heavy atom. The summed E-state index contributed by atoms with van der Waals surface area (Å²) in [6.45, 7) is 1.05. The fraction of sp³-hybridized carbons (Fsp3) is 0.375. The molecule has 1 amide bonds. The second-order valence-corrected chi connectivity index (χ2v) is 5.79. The van der Waals surface area contributed by atoms with Gasteiger partial charge >= 0.3 is 6.36 Å². The molecule has 0 radical (unpaired) electrons. The van der Waals surface area contributed by atoms with Crippen molar-refractivity contribution < 1.29 is 27.2 Å². The molecule has 0 aliphatic carbocycles. The van der Waals surface area contributed by atoms with Crippen molar-refractivity contribution in [2.45, 2.75) is 25.1 Å². The number of carbonyl (C=O) groups excluding carboxylic acids is 1. The largest absolute Gasteiger partial charge is 0.573 e. The number of ether oxygens (including phenoxy) is 1. The molecule has 0 spiro atoms. The van der Waals surface area contributed by atoms with Crippen LogP contribution in [0.25, 0.3) is 0 Å². The normalized spacial score (nSPS) is 16.0. The van der Waals surface area contributed by atoms with Gasteiger partial charge in [0, 0.05) is 30.6 Å². The number of rotatable bonds is 3. The van der Waals surface area contributed by atoms with Crippen LogP contribution in [0, 0.1) is 0 Å². The number of aromatic nitrogens is 1. The summed E-state index contributed by atoms with van der Waals surface area (Å²) in [6.07, 6.45) is -3.32. The van der Waals surface area contributed by atoms with E-state index in [1.54, 1.807) is 11.0 Å². The van der Waals surface area contributed by atoms with Crippen molar-refractivity contribution in [1.29, 1.82) is 0 Å². The van der Waals surface area contributed by atoms with Crippen molar-refractivity contribution in [3.63, 3.8) is 0 Å². The topological polar surface area (TPSA) is 81.6 Å². The number of nitrogen functional groups attached to an aromatic ring is 1. The number of amides is 1. The van der Waals surface area contributed by atoms with Crippen molar-refractivity contribution in [3.8, 4) is 5.75 Å². The van der Waals surface area contributed by atoms with Crippen molar-refractivity contribution in [2.24, 2.45) is 0 Å². The van der Waals surface area contributed by atoms with Gasteiger partial charge in [-0.25, -0.2) is 0 Å². The quantitative estimate of drug-likeness (QED) is 0.914. The highest BCUT2D eigenvalue weighted by atomic mass is 19.4. The zero-order chi connectivity index (χ0) is 18.0. The van der Waals surface area contributed by atoms with Crippen LogP contribution in [-0.4, -0.2) is 35.4 Å². The predicted octanol–water partition coefficient (Wildman–Crippen LogP) is 3.18. The van der Waals surface area contributed by atoms with Gasteiger partial charge in [-0.15, -0.1) is 13.2 Å². The van der Waals surface area contributed by atoms with Crippen molar-refractivity contribution in [3.05, 3.63) is 41.6 Å². The first-order valence-corrected chi connectivity index (χ1v) is 7.69. The molecule has 2 heterocycles. The van der Waals surface area contributed by atoms with Crippen LogP contribution in [0.4, 0.5) is 19.1 Å². The molecule has 0 atom stereocenters. The summed E-state index contributed by atoms with van der Waals surface area (Å²) in [5, 5.41) is 3.90. The number of likely N-dealkylation sites (tertiary alicyclic amines) is 1. The summed E-state index contributed by atoms with van der Waals surface area (Å²) in [5.41, 5.74) is 6.61. The van der Waals surface area contributed by atoms with Gasteiger partial charge in [0.25, 0.3) is 5.91 Å². The zero-order valence-corrected chi connectivity index (χ0v) is 13.1. The number of hydrogen-bond acceptors (Lipinski definition) is 5. The summed E-state index contributed by atoms with van der Waals surface area (Å²) in [7, 11) is 0. The molecule has 1 aromatic carbocycles. The third-order valence-electron chi connectivity index (χ3n) is 4.08. The van der Waals surface area contributed by atoms with E-state index in [4.69, 9.17) is 10.3 Å². The number of nitrogens with zero attached hydrogens (tertiary/aromatic N) is 2. The summed E-state index contributed by atoms with van der Waals surface area (Å²) in [6, 6.07) is 6.60. The van der Waals surface area contributed by atoms with Crippen molar-refractivity contribution in [1.82, 2.24) is 10.1 Å². The van der Waals surface area contributed by atoms with Gasteiger partial charge in [0.05, 0.1) is 5.69 Å². The Morgan fingerprint density at radius 2 is 1.88 bits per heavy atom. The van der Waals surface area contributed by atoms with E-state index in [2.05, 4.69) is 9.89 Å². The SMILES string of the molecule is Nc1cc(C2CCN(C(=O)c3ccc(OC(F)(F)F)cc3)CC2)no1. The first-order valence-electron chi connectivity index (χ1n) is 7.69. The van der Waals surface area contributed by atoms with E-state index in [0.29, 0.717) is 31.5 Å². The number of alkyl halides is 3. The molecular weight excluding hydrogens is 339 g/mol. The van der Waals surface area contributed by atoms with E-state index in [1.807, 2.05) is 0 Å². The Kier molecular flexibility index (Phi) is 4.56. The Hall–Kier alpha value is -2.71. The van der Waals surface area contributed by atoms with Gasteiger partial charge in [0.15, 0.2) is 0 Å². The standard InChI is InChI=1S/C16H16F3N3O3/c17-16(18,19)24-12-3-1-11(2-4-12)15(23)22-7-5-10(6-8-22)13-9-14(20)25-21-13/h1-4,9-10H,5-8,20H2. The third-order valence-corrected chi connectivity index (χ3v) is 4.08. The summed E-state index contributed by atoms with van der Waals surface area (Å²) in [5.74, 6) is -0.148. The Bertz CT molecular complexity index is 735. The van der Waals surface area contributed by atoms with Gasteiger partial charge in [0.1, 0.15) is 5.75 Å². The first kappa shape index (κ1) is 17.1. The van der Waals surface area contributed by atoms with Crippen LogP contribution in [0.1, 0.15) is 34.8 Å². The van der Waals surface area contributed by atoms with Crippen LogP contribution < -0.4 is 10.5 Å². The molecule has 0 bridgehead atoms. The summed E-state index contributed by atoms with van der Waals surface area (Å²) in [4.78, 5) is 14.1. The molecule has 1 aliphatic rings. The van der Waals surface area contributed by atoms with Gasteiger partial charge in [-0.3, -0.25) is 4.79 Å². The maximum atomic E-state index is 12.5. The van der Waals surface area contributed by atoms with Gasteiger partial charge in [0.2, 0.25) is 5.88 Å². The maximum Gasteiger partial charge on any atom is 0.573 e. The summed E-state index contributed by atoms with van der Waals surface area (Å²) >= 11 is 0. The highest BCUT2D eigenvalue weighted by Crippen LogP contribution is 2.29. The fourth-order valence-electron chi connectivity index (χ4n) is 2.86. The van der Waals surface area contributed by atoms with Crippen molar-refractivity contribution >= 4 is 11.8 Å². The van der Waals surface area contributed by atoms with Crippen LogP contribution in [-0.2, 0) is 0 Å². The van der Waals surface area contributed by atoms with Gasteiger partial charge in [-0.2, -0.15) is 0 Å². The van der Waals surface area contributed by atoms with Crippen molar-refractivity contribution in [2.75, 3.05) is 18.8 Å². The number of halogens is 3. The lowest BCUT2D eigenvalue weighted by Crippen LogP contribution is -2.38. The molecule has 134 valence electrons. The van der Waals surface area contributed by atoms with Crippen LogP contribution in [0.15, 0.2) is 34.9 Å². The van der Waals surface area contributed by atoms with E-state index >= 15 is 0 Å². The molecule has 1 aliphatic heterocycles. The first-order chi connectivity index (χ1) is 11.8. The number of nitrogens with two attached hydrogens (primary N) is 1. The minimum atomic E-state index is -4.75. The van der Waals surface area contributed by atoms with Gasteiger partial charge in [-0.05, 0) is 37.1 Å². The zero-order valence-electron chi connectivity index (χ0n) is 13.1. The smallest absolute Gasteiger partial charge is 0.406 e. The number of piperidine rings is 1. The van der Waals surface area contributed by atoms with E-state index < -0.39 is 6.36 Å². The lowest BCUT2D eigenvalue weighted by Gasteiger charge is -2.31. The van der Waals surface area contributed by atoms with Crippen LogP contribution in [0.5, 0.6) is 5.75 Å². The Balaban J connectivity index is 1.59. The highest BCUT2D eigenvalue weighted by molar-refractivity contribution is 5.94. The highest BCUT2D eigenvalue weighted by Gasteiger charge is 2.31. The molecule has 1 saturated heterocycles. The van der Waals surface area contributed by atoms with Gasteiger partial charge in [-0.1, -0.05) is 5.16 Å². The van der Waals surface area contributed by atoms with Gasteiger partial charge < -0.3 is 19.9 Å². The summed E-state index contributed by atoms with van der Waals surface area (Å²) < 4.78 is 45.1. The average Bonchev–Trinajstić information content (AvgIpc) is 3.00. The lowest BCUT2D eigenvalue weighted by molar-refractivity contribution is -0.274. The Morgan fingerprint density at radius 3 is 2.40 bits per heavy atom. The molecule has 6 nitrogen and oxygen atoms in total. The monoisotopic (exact) mass is 355 g/mol. The van der Waals surface area contributed by atoms with Crippen LogP contribution in [0.2, 0.25) is 0 Å². The molecule has 2 aromatic rings. The van der Waals surface area contributed by atoms with E-state index in [0.717, 1.165) is 17.8 Å². The second kappa shape index (κ2) is 6.66. The average molecular weight is 355 g/mol. The molecule has 1 aromatic heterocycles. The van der Waals surface area contributed by atoms with Crippen LogP contribution >= 0.6 is 0 Å². The molecule has 3 rings (SSSR count). The number of benzene rings is 1. The number of carbonyl (C=O) groups is 1. The fourth-order valence-corrected chi connectivity index (χ4v) is 2.86. The van der Waals surface area contributed by atoms with E-state index in [1.165, 1.54) is 12.1 Å². The number of hydrogen-bond donors (Lipinski definition) is 1. The molecular formula is C16H16F3N3O3. The minimum Gasteiger partial charge on any atom is -0.406 e. The molecule has 2 N–H and O–H groups in total. The lowest BCUT2D eigenvalue weighted by atomic mass is 9.93. The minimum absolute atomic E-state index is 0.174. The molecule has 0 unspecified atom stereocenters. The molecule has 1 fully saturated rings. The molecule has 25 heavy (non-hydrogen) atoms. The van der Waals surface area contributed by atoms with Crippen LogP contribution in [0.3, 0.4) is 0 Å². The maximum absolute atomic E-state index is 12.5. The second-order valence-electron chi connectivity index (χ2n) is 5.79. The number of anilines is 1. The van der Waals surface area contributed by atoms with E-state index in [-0.39, 0.29) is 23.5 Å². The van der Waals surface area contributed by atoms with E-state index in [9.17, 15) is 18.0 Å².